The second kappa shape index (κ2) is 8.38. The van der Waals surface area contributed by atoms with Gasteiger partial charge in [-0.1, -0.05) is 6.42 Å². The Kier molecular flexibility index (Phi) is 6.44. The Morgan fingerprint density at radius 3 is 2.89 bits per heavy atom. The molecule has 0 aromatic heterocycles. The van der Waals surface area contributed by atoms with Crippen molar-refractivity contribution in [2.24, 2.45) is 16.6 Å². The van der Waals surface area contributed by atoms with Gasteiger partial charge in [0.2, 0.25) is 0 Å². The zero-order valence-electron chi connectivity index (χ0n) is 11.8. The highest BCUT2D eigenvalue weighted by molar-refractivity contribution is 5.77. The molecule has 1 saturated carbocycles. The van der Waals surface area contributed by atoms with E-state index in [1.165, 1.54) is 25.7 Å². The lowest BCUT2D eigenvalue weighted by Gasteiger charge is -2.23. The topological polar surface area (TPSA) is 68.9 Å². The lowest BCUT2D eigenvalue weighted by atomic mass is 9.86. The van der Waals surface area contributed by atoms with Crippen LogP contribution >= 0.6 is 0 Å². The fourth-order valence-electron chi connectivity index (χ4n) is 2.34. The van der Waals surface area contributed by atoms with Crippen LogP contribution in [0.25, 0.3) is 0 Å². The van der Waals surface area contributed by atoms with Crippen LogP contribution in [0.2, 0.25) is 0 Å². The number of hydrogen-bond donors (Lipinski definition) is 2. The molecule has 1 saturated heterocycles. The van der Waals surface area contributed by atoms with Crippen LogP contribution in [0.4, 0.5) is 0 Å². The molecule has 19 heavy (non-hydrogen) atoms. The molecule has 0 bridgehead atoms. The van der Waals surface area contributed by atoms with Crippen molar-refractivity contribution in [3.8, 4) is 0 Å². The summed E-state index contributed by atoms with van der Waals surface area (Å²) in [5, 5.41) is 3.13. The molecule has 2 rings (SSSR count). The first-order valence-electron chi connectivity index (χ1n) is 7.58. The minimum absolute atomic E-state index is 0.321. The summed E-state index contributed by atoms with van der Waals surface area (Å²) in [4.78, 5) is 4.35. The van der Waals surface area contributed by atoms with Gasteiger partial charge >= 0.3 is 0 Å². The highest BCUT2D eigenvalue weighted by Crippen LogP contribution is 2.26. The molecule has 1 aliphatic heterocycles. The summed E-state index contributed by atoms with van der Waals surface area (Å²) in [5.74, 6) is 1.35. The molecular weight excluding hydrogens is 242 g/mol. The highest BCUT2D eigenvalue weighted by Gasteiger charge is 2.16. The summed E-state index contributed by atoms with van der Waals surface area (Å²) in [6, 6.07) is 0. The maximum Gasteiger partial charge on any atom is 0.188 e. The number of nitrogens with zero attached hydrogens (tertiary/aromatic N) is 1. The number of aliphatic imine (C=N–C) groups is 1. The lowest BCUT2D eigenvalue weighted by molar-refractivity contribution is 0.0168. The fourth-order valence-corrected chi connectivity index (χ4v) is 2.34. The van der Waals surface area contributed by atoms with Crippen LogP contribution in [-0.2, 0) is 9.47 Å². The van der Waals surface area contributed by atoms with Gasteiger partial charge in [-0.25, -0.2) is 0 Å². The summed E-state index contributed by atoms with van der Waals surface area (Å²) in [6.07, 6.45) is 7.56. The zero-order chi connectivity index (χ0) is 13.3. The second-order valence-electron chi connectivity index (χ2n) is 5.51. The van der Waals surface area contributed by atoms with Crippen LogP contribution in [0.15, 0.2) is 4.99 Å². The van der Waals surface area contributed by atoms with Gasteiger partial charge in [0, 0.05) is 26.3 Å². The Morgan fingerprint density at radius 1 is 1.32 bits per heavy atom. The highest BCUT2D eigenvalue weighted by atomic mass is 16.5. The van der Waals surface area contributed by atoms with Gasteiger partial charge in [0.15, 0.2) is 5.96 Å². The summed E-state index contributed by atoms with van der Waals surface area (Å²) in [7, 11) is 0. The summed E-state index contributed by atoms with van der Waals surface area (Å²) in [6.45, 7) is 4.08. The molecule has 0 amide bonds. The Morgan fingerprint density at radius 2 is 2.21 bits per heavy atom. The van der Waals surface area contributed by atoms with Crippen molar-refractivity contribution in [1.29, 1.82) is 0 Å². The Balaban J connectivity index is 1.40. The predicted molar refractivity (Wildman–Crippen MR) is 76.2 cm³/mol. The van der Waals surface area contributed by atoms with Crippen molar-refractivity contribution in [3.05, 3.63) is 0 Å². The van der Waals surface area contributed by atoms with Crippen molar-refractivity contribution < 1.29 is 9.47 Å². The quantitative estimate of drug-likeness (QED) is 0.396. The van der Waals surface area contributed by atoms with Crippen molar-refractivity contribution in [2.45, 2.75) is 44.6 Å². The standard InChI is InChI=1S/C14H27N3O2/c15-14(17-10-12-4-1-5-12)16-7-3-8-18-11-13-6-2-9-19-13/h12-13H,1-11H2,(H3,15,16,17). The molecule has 2 fully saturated rings. The number of hydrogen-bond acceptors (Lipinski definition) is 3. The molecule has 0 aromatic carbocycles. The van der Waals surface area contributed by atoms with Crippen molar-refractivity contribution in [3.63, 3.8) is 0 Å². The normalized spacial score (nSPS) is 24.4. The van der Waals surface area contributed by atoms with Gasteiger partial charge in [-0.2, -0.15) is 0 Å². The molecule has 1 heterocycles. The third-order valence-electron chi connectivity index (χ3n) is 3.84. The summed E-state index contributed by atoms with van der Waals surface area (Å²) in [5.41, 5.74) is 5.79. The molecule has 2 aliphatic rings. The lowest BCUT2D eigenvalue weighted by Crippen LogP contribution is -2.34. The van der Waals surface area contributed by atoms with E-state index in [0.29, 0.717) is 12.1 Å². The van der Waals surface area contributed by atoms with Gasteiger partial charge < -0.3 is 20.5 Å². The largest absolute Gasteiger partial charge is 0.379 e. The Labute approximate surface area is 115 Å². The predicted octanol–water partition coefficient (Wildman–Crippen LogP) is 1.28. The van der Waals surface area contributed by atoms with E-state index in [9.17, 15) is 0 Å². The van der Waals surface area contributed by atoms with E-state index in [-0.39, 0.29) is 0 Å². The third kappa shape index (κ3) is 5.78. The van der Waals surface area contributed by atoms with Gasteiger partial charge in [0.05, 0.1) is 12.7 Å². The van der Waals surface area contributed by atoms with Crippen molar-refractivity contribution >= 4 is 5.96 Å². The number of ether oxygens (including phenoxy) is 2. The van der Waals surface area contributed by atoms with Crippen LogP contribution in [-0.4, -0.2) is 45.0 Å². The van der Waals surface area contributed by atoms with Gasteiger partial charge in [-0.05, 0) is 38.0 Å². The molecule has 5 nitrogen and oxygen atoms in total. The first-order valence-corrected chi connectivity index (χ1v) is 7.58. The molecule has 1 atom stereocenters. The van der Waals surface area contributed by atoms with E-state index >= 15 is 0 Å². The number of nitrogens with one attached hydrogen (secondary N) is 1. The summed E-state index contributed by atoms with van der Waals surface area (Å²) >= 11 is 0. The molecule has 0 radical (unpaired) electrons. The van der Waals surface area contributed by atoms with E-state index in [1.54, 1.807) is 0 Å². The SMILES string of the molecule is NC(=NCC1CCC1)NCCCOCC1CCCO1. The van der Waals surface area contributed by atoms with Crippen LogP contribution < -0.4 is 11.1 Å². The second-order valence-corrected chi connectivity index (χ2v) is 5.51. The van der Waals surface area contributed by atoms with Gasteiger partial charge in [0.1, 0.15) is 0 Å². The van der Waals surface area contributed by atoms with Gasteiger partial charge in [0.25, 0.3) is 0 Å². The molecule has 1 aliphatic carbocycles. The number of nitrogens with two attached hydrogens (primary N) is 1. The third-order valence-corrected chi connectivity index (χ3v) is 3.84. The van der Waals surface area contributed by atoms with Crippen LogP contribution in [0.1, 0.15) is 38.5 Å². The molecule has 3 N–H and O–H groups in total. The Hall–Kier alpha value is -0.810. The number of rotatable bonds is 8. The van der Waals surface area contributed by atoms with E-state index in [4.69, 9.17) is 15.2 Å². The molecule has 110 valence electrons. The average molecular weight is 269 g/mol. The van der Waals surface area contributed by atoms with Crippen LogP contribution in [0.5, 0.6) is 0 Å². The smallest absolute Gasteiger partial charge is 0.188 e. The van der Waals surface area contributed by atoms with Crippen molar-refractivity contribution in [2.75, 3.05) is 32.9 Å². The molecule has 1 unspecified atom stereocenters. The van der Waals surface area contributed by atoms with E-state index in [0.717, 1.165) is 51.7 Å². The first-order chi connectivity index (χ1) is 9.34. The van der Waals surface area contributed by atoms with E-state index < -0.39 is 0 Å². The zero-order valence-corrected chi connectivity index (χ0v) is 11.8. The maximum absolute atomic E-state index is 5.79. The van der Waals surface area contributed by atoms with E-state index in [2.05, 4.69) is 10.3 Å². The van der Waals surface area contributed by atoms with E-state index in [1.807, 2.05) is 0 Å². The molecule has 0 aromatic rings. The minimum Gasteiger partial charge on any atom is -0.379 e. The fraction of sp³-hybridized carbons (Fsp3) is 0.929. The Bertz CT molecular complexity index is 274. The maximum atomic E-state index is 5.79. The average Bonchev–Trinajstić information content (AvgIpc) is 2.84. The van der Waals surface area contributed by atoms with Gasteiger partial charge in [-0.15, -0.1) is 0 Å². The first kappa shape index (κ1) is 14.6. The number of guanidine groups is 1. The minimum atomic E-state index is 0.321. The van der Waals surface area contributed by atoms with Crippen LogP contribution in [0, 0.1) is 5.92 Å². The van der Waals surface area contributed by atoms with Crippen molar-refractivity contribution in [1.82, 2.24) is 5.32 Å². The van der Waals surface area contributed by atoms with Gasteiger partial charge in [-0.3, -0.25) is 4.99 Å². The molecular formula is C14H27N3O2. The van der Waals surface area contributed by atoms with Crippen LogP contribution in [0.3, 0.4) is 0 Å². The monoisotopic (exact) mass is 269 g/mol. The molecule has 0 spiro atoms. The summed E-state index contributed by atoms with van der Waals surface area (Å²) < 4.78 is 11.1. The molecule has 5 heteroatoms.